The van der Waals surface area contributed by atoms with Gasteiger partial charge >= 0.3 is 5.97 Å². The van der Waals surface area contributed by atoms with Gasteiger partial charge in [-0.1, -0.05) is 6.07 Å². The summed E-state index contributed by atoms with van der Waals surface area (Å²) in [5.74, 6) is -1.67. The highest BCUT2D eigenvalue weighted by Gasteiger charge is 2.22. The van der Waals surface area contributed by atoms with Gasteiger partial charge in [0.2, 0.25) is 0 Å². The van der Waals surface area contributed by atoms with E-state index in [4.69, 9.17) is 4.74 Å². The molecule has 0 saturated carbocycles. The minimum atomic E-state index is -0.623. The zero-order valence-corrected chi connectivity index (χ0v) is 12.4. The molecule has 19 heavy (non-hydrogen) atoms. The molecule has 1 aromatic carbocycles. The van der Waals surface area contributed by atoms with Crippen LogP contribution < -0.4 is 0 Å². The molecular weight excluding hydrogens is 317 g/mol. The van der Waals surface area contributed by atoms with Crippen LogP contribution in [-0.4, -0.2) is 36.5 Å². The topological polar surface area (TPSA) is 46.6 Å². The number of hydrogen-bond acceptors (Lipinski definition) is 3. The fraction of sp³-hybridized carbons (Fsp3) is 0.385. The second-order valence-corrected chi connectivity index (χ2v) is 4.58. The summed E-state index contributed by atoms with van der Waals surface area (Å²) in [5.41, 5.74) is -0.0753. The number of nitrogens with zero attached hydrogens (tertiary/aromatic N) is 1. The van der Waals surface area contributed by atoms with Crippen molar-refractivity contribution in [3.8, 4) is 0 Å². The van der Waals surface area contributed by atoms with Crippen LogP contribution in [0.2, 0.25) is 0 Å². The number of esters is 1. The van der Waals surface area contributed by atoms with Crippen LogP contribution in [0.5, 0.6) is 0 Å². The van der Waals surface area contributed by atoms with E-state index in [0.29, 0.717) is 11.0 Å². The summed E-state index contributed by atoms with van der Waals surface area (Å²) in [6.45, 7) is 3.74. The maximum atomic E-state index is 13.7. The summed E-state index contributed by atoms with van der Waals surface area (Å²) in [4.78, 5) is 24.8. The number of likely N-dealkylation sites (N-methyl/N-ethyl adjacent to an activating group) is 1. The van der Waals surface area contributed by atoms with E-state index in [-0.39, 0.29) is 18.7 Å². The summed E-state index contributed by atoms with van der Waals surface area (Å²) in [7, 11) is 0. The van der Waals surface area contributed by atoms with Crippen molar-refractivity contribution < 1.29 is 18.7 Å². The summed E-state index contributed by atoms with van der Waals surface area (Å²) < 4.78 is 18.8. The van der Waals surface area contributed by atoms with Crippen LogP contribution >= 0.6 is 15.9 Å². The highest BCUT2D eigenvalue weighted by atomic mass is 79.9. The molecule has 0 bridgehead atoms. The Hall–Kier alpha value is -1.43. The molecule has 0 spiro atoms. The van der Waals surface area contributed by atoms with Gasteiger partial charge in [0.15, 0.2) is 0 Å². The molecule has 4 nitrogen and oxygen atoms in total. The molecule has 0 radical (unpaired) electrons. The van der Waals surface area contributed by atoms with Crippen molar-refractivity contribution >= 4 is 27.8 Å². The third kappa shape index (κ3) is 4.02. The quantitative estimate of drug-likeness (QED) is 0.779. The van der Waals surface area contributed by atoms with Crippen LogP contribution in [0.4, 0.5) is 4.39 Å². The monoisotopic (exact) mass is 331 g/mol. The molecule has 104 valence electrons. The lowest BCUT2D eigenvalue weighted by Crippen LogP contribution is -2.37. The number of ether oxygens (including phenoxy) is 1. The van der Waals surface area contributed by atoms with Gasteiger partial charge in [-0.25, -0.2) is 4.39 Å². The van der Waals surface area contributed by atoms with Crippen molar-refractivity contribution in [2.24, 2.45) is 0 Å². The molecule has 0 aliphatic carbocycles. The number of rotatable bonds is 5. The van der Waals surface area contributed by atoms with E-state index in [1.54, 1.807) is 19.9 Å². The maximum Gasteiger partial charge on any atom is 0.325 e. The lowest BCUT2D eigenvalue weighted by atomic mass is 10.2. The summed E-state index contributed by atoms with van der Waals surface area (Å²) >= 11 is 3.14. The molecule has 0 saturated heterocycles. The standard InChI is InChI=1S/C13H15BrFNO3/c1-3-16(8-11(17)19-4-2)13(18)12-9(14)6-5-7-10(12)15/h5-7H,3-4,8H2,1-2H3. The predicted molar refractivity (Wildman–Crippen MR) is 72.3 cm³/mol. The first-order chi connectivity index (χ1) is 9.01. The number of carbonyl (C=O) groups excluding carboxylic acids is 2. The van der Waals surface area contributed by atoms with Crippen LogP contribution in [0.15, 0.2) is 22.7 Å². The third-order valence-electron chi connectivity index (χ3n) is 2.47. The first-order valence-corrected chi connectivity index (χ1v) is 6.69. The lowest BCUT2D eigenvalue weighted by Gasteiger charge is -2.20. The van der Waals surface area contributed by atoms with Gasteiger partial charge in [0.25, 0.3) is 5.91 Å². The van der Waals surface area contributed by atoms with E-state index < -0.39 is 17.7 Å². The van der Waals surface area contributed by atoms with Crippen LogP contribution in [0, 0.1) is 5.82 Å². The molecule has 0 N–H and O–H groups in total. The predicted octanol–water partition coefficient (Wildman–Crippen LogP) is 2.61. The number of benzene rings is 1. The van der Waals surface area contributed by atoms with E-state index in [0.717, 1.165) is 0 Å². The molecule has 0 fully saturated rings. The fourth-order valence-corrected chi connectivity index (χ4v) is 2.06. The number of hydrogen-bond donors (Lipinski definition) is 0. The van der Waals surface area contributed by atoms with Crippen LogP contribution in [0.25, 0.3) is 0 Å². The van der Waals surface area contributed by atoms with Gasteiger partial charge in [0.1, 0.15) is 12.4 Å². The van der Waals surface area contributed by atoms with Gasteiger partial charge in [-0.3, -0.25) is 9.59 Å². The number of carbonyl (C=O) groups is 2. The van der Waals surface area contributed by atoms with Gasteiger partial charge < -0.3 is 9.64 Å². The van der Waals surface area contributed by atoms with Gasteiger partial charge in [-0.2, -0.15) is 0 Å². The first kappa shape index (κ1) is 15.6. The molecule has 6 heteroatoms. The van der Waals surface area contributed by atoms with Crippen molar-refractivity contribution in [3.63, 3.8) is 0 Å². The van der Waals surface area contributed by atoms with Crippen molar-refractivity contribution in [2.75, 3.05) is 19.7 Å². The lowest BCUT2D eigenvalue weighted by molar-refractivity contribution is -0.143. The van der Waals surface area contributed by atoms with E-state index in [2.05, 4.69) is 15.9 Å². The van der Waals surface area contributed by atoms with Crippen LogP contribution in [0.1, 0.15) is 24.2 Å². The zero-order valence-electron chi connectivity index (χ0n) is 10.8. The van der Waals surface area contributed by atoms with Gasteiger partial charge in [0.05, 0.1) is 12.2 Å². The summed E-state index contributed by atoms with van der Waals surface area (Å²) in [6.07, 6.45) is 0. The molecule has 0 atom stereocenters. The van der Waals surface area contributed by atoms with Gasteiger partial charge in [0, 0.05) is 11.0 Å². The van der Waals surface area contributed by atoms with Gasteiger partial charge in [-0.05, 0) is 41.9 Å². The molecular formula is C13H15BrFNO3. The highest BCUT2D eigenvalue weighted by Crippen LogP contribution is 2.21. The molecule has 1 aromatic rings. The molecule has 1 rings (SSSR count). The molecule has 0 unspecified atom stereocenters. The Morgan fingerprint density at radius 3 is 2.58 bits per heavy atom. The summed E-state index contributed by atoms with van der Waals surface area (Å²) in [5, 5.41) is 0. The average Bonchev–Trinajstić information content (AvgIpc) is 2.35. The molecule has 0 aromatic heterocycles. The normalized spacial score (nSPS) is 10.1. The summed E-state index contributed by atoms with van der Waals surface area (Å²) in [6, 6.07) is 4.28. The third-order valence-corrected chi connectivity index (χ3v) is 3.13. The average molecular weight is 332 g/mol. The van der Waals surface area contributed by atoms with Crippen molar-refractivity contribution in [1.82, 2.24) is 4.90 Å². The van der Waals surface area contributed by atoms with E-state index in [1.165, 1.54) is 17.0 Å². The Morgan fingerprint density at radius 2 is 2.05 bits per heavy atom. The van der Waals surface area contributed by atoms with Crippen molar-refractivity contribution in [3.05, 3.63) is 34.1 Å². The highest BCUT2D eigenvalue weighted by molar-refractivity contribution is 9.10. The molecule has 0 aliphatic heterocycles. The Balaban J connectivity index is 2.93. The Kier molecular flexibility index (Phi) is 5.95. The second kappa shape index (κ2) is 7.23. The SMILES string of the molecule is CCOC(=O)CN(CC)C(=O)c1c(F)cccc1Br. The van der Waals surface area contributed by atoms with Crippen LogP contribution in [0.3, 0.4) is 0 Å². The number of halogens is 2. The Labute approximate surface area is 119 Å². The Bertz CT molecular complexity index is 459. The maximum absolute atomic E-state index is 13.7. The van der Waals surface area contributed by atoms with Crippen molar-refractivity contribution in [2.45, 2.75) is 13.8 Å². The largest absolute Gasteiger partial charge is 0.465 e. The molecule has 1 amide bonds. The fourth-order valence-electron chi connectivity index (χ4n) is 1.55. The number of amides is 1. The molecule has 0 heterocycles. The van der Waals surface area contributed by atoms with Crippen molar-refractivity contribution in [1.29, 1.82) is 0 Å². The van der Waals surface area contributed by atoms with Gasteiger partial charge in [-0.15, -0.1) is 0 Å². The first-order valence-electron chi connectivity index (χ1n) is 5.90. The zero-order chi connectivity index (χ0) is 14.4. The van der Waals surface area contributed by atoms with Crippen LogP contribution in [-0.2, 0) is 9.53 Å². The van der Waals surface area contributed by atoms with E-state index >= 15 is 0 Å². The second-order valence-electron chi connectivity index (χ2n) is 3.72. The smallest absolute Gasteiger partial charge is 0.325 e. The van der Waals surface area contributed by atoms with E-state index in [1.807, 2.05) is 0 Å². The molecule has 0 aliphatic rings. The Morgan fingerprint density at radius 1 is 1.37 bits per heavy atom. The van der Waals surface area contributed by atoms with E-state index in [9.17, 15) is 14.0 Å². The minimum absolute atomic E-state index is 0.0753. The minimum Gasteiger partial charge on any atom is -0.465 e.